The van der Waals surface area contributed by atoms with Crippen molar-refractivity contribution < 1.29 is 9.47 Å². The van der Waals surface area contributed by atoms with Gasteiger partial charge in [0.2, 0.25) is 5.88 Å². The summed E-state index contributed by atoms with van der Waals surface area (Å²) in [7, 11) is 1.60. The minimum absolute atomic E-state index is 0.115. The number of aromatic nitrogens is 3. The highest BCUT2D eigenvalue weighted by molar-refractivity contribution is 5.71. The number of H-pyrrole nitrogens is 1. The van der Waals surface area contributed by atoms with Crippen LogP contribution in [0, 0.1) is 0 Å². The Morgan fingerprint density at radius 2 is 2.35 bits per heavy atom. The van der Waals surface area contributed by atoms with E-state index in [-0.39, 0.29) is 6.04 Å². The molecule has 0 aromatic carbocycles. The van der Waals surface area contributed by atoms with Crippen molar-refractivity contribution in [2.24, 2.45) is 0 Å². The standard InChI is InChI=1S/C11H14N4O2/c1-16-9-3-2-7-10(14-9)15-11(13-7)8-6-17-5-4-12-8/h2-3,8,12H,4-6H2,1H3,(H,13,14,15). The second-order valence-corrected chi connectivity index (χ2v) is 3.93. The molecule has 3 rings (SSSR count). The first-order chi connectivity index (χ1) is 8.36. The van der Waals surface area contributed by atoms with Gasteiger partial charge in [-0.25, -0.2) is 4.98 Å². The first-order valence-corrected chi connectivity index (χ1v) is 5.58. The number of fused-ring (bicyclic) bond motifs is 1. The zero-order chi connectivity index (χ0) is 11.7. The van der Waals surface area contributed by atoms with Gasteiger partial charge in [-0.05, 0) is 6.07 Å². The summed E-state index contributed by atoms with van der Waals surface area (Å²) in [4.78, 5) is 12.0. The molecule has 0 amide bonds. The van der Waals surface area contributed by atoms with Gasteiger partial charge in [0.05, 0.1) is 31.9 Å². The Kier molecular flexibility index (Phi) is 2.66. The smallest absolute Gasteiger partial charge is 0.215 e. The van der Waals surface area contributed by atoms with E-state index in [0.29, 0.717) is 18.1 Å². The van der Waals surface area contributed by atoms with Gasteiger partial charge in [0.15, 0.2) is 5.65 Å². The summed E-state index contributed by atoms with van der Waals surface area (Å²) < 4.78 is 10.5. The fraction of sp³-hybridized carbons (Fsp3) is 0.455. The maximum absolute atomic E-state index is 5.41. The molecule has 2 aromatic heterocycles. The lowest BCUT2D eigenvalue weighted by Crippen LogP contribution is -2.35. The second kappa shape index (κ2) is 4.31. The monoisotopic (exact) mass is 234 g/mol. The molecule has 0 aliphatic carbocycles. The van der Waals surface area contributed by atoms with Gasteiger partial charge in [-0.1, -0.05) is 0 Å². The van der Waals surface area contributed by atoms with Gasteiger partial charge in [-0.3, -0.25) is 0 Å². The number of morpholine rings is 1. The lowest BCUT2D eigenvalue weighted by Gasteiger charge is -2.21. The Hall–Kier alpha value is -1.66. The number of methoxy groups -OCH3 is 1. The predicted octanol–water partition coefficient (Wildman–Crippen LogP) is 0.627. The Morgan fingerprint density at radius 3 is 3.12 bits per heavy atom. The van der Waals surface area contributed by atoms with Crippen LogP contribution in [0.25, 0.3) is 11.2 Å². The zero-order valence-electron chi connectivity index (χ0n) is 9.56. The van der Waals surface area contributed by atoms with Gasteiger partial charge in [0.25, 0.3) is 0 Å². The summed E-state index contributed by atoms with van der Waals surface area (Å²) in [5.74, 6) is 1.43. The molecule has 1 aliphatic rings. The van der Waals surface area contributed by atoms with Crippen LogP contribution in [-0.2, 0) is 4.74 Å². The van der Waals surface area contributed by atoms with Crippen LogP contribution in [0.15, 0.2) is 12.1 Å². The number of hydrogen-bond donors (Lipinski definition) is 2. The van der Waals surface area contributed by atoms with Crippen molar-refractivity contribution in [3.63, 3.8) is 0 Å². The van der Waals surface area contributed by atoms with Gasteiger partial charge >= 0.3 is 0 Å². The van der Waals surface area contributed by atoms with E-state index in [4.69, 9.17) is 9.47 Å². The third-order valence-electron chi connectivity index (χ3n) is 2.80. The maximum Gasteiger partial charge on any atom is 0.215 e. The average molecular weight is 234 g/mol. The topological polar surface area (TPSA) is 72.1 Å². The minimum Gasteiger partial charge on any atom is -0.481 e. The van der Waals surface area contributed by atoms with Crippen molar-refractivity contribution in [2.45, 2.75) is 6.04 Å². The number of hydrogen-bond acceptors (Lipinski definition) is 5. The van der Waals surface area contributed by atoms with Crippen LogP contribution in [-0.4, -0.2) is 41.8 Å². The Morgan fingerprint density at radius 1 is 1.41 bits per heavy atom. The molecule has 17 heavy (non-hydrogen) atoms. The molecule has 0 saturated carbocycles. The quantitative estimate of drug-likeness (QED) is 0.797. The van der Waals surface area contributed by atoms with Crippen LogP contribution >= 0.6 is 0 Å². The van der Waals surface area contributed by atoms with Crippen LogP contribution in [0.4, 0.5) is 0 Å². The van der Waals surface area contributed by atoms with E-state index in [1.807, 2.05) is 12.1 Å². The fourth-order valence-corrected chi connectivity index (χ4v) is 1.91. The molecule has 2 N–H and O–H groups in total. The molecule has 0 spiro atoms. The molecule has 3 heterocycles. The van der Waals surface area contributed by atoms with Crippen LogP contribution in [0.3, 0.4) is 0 Å². The summed E-state index contributed by atoms with van der Waals surface area (Å²) >= 11 is 0. The van der Waals surface area contributed by atoms with Crippen LogP contribution < -0.4 is 10.1 Å². The van der Waals surface area contributed by atoms with Crippen LogP contribution in [0.5, 0.6) is 5.88 Å². The van der Waals surface area contributed by atoms with E-state index >= 15 is 0 Å². The lowest BCUT2D eigenvalue weighted by atomic mass is 10.3. The normalized spacial score (nSPS) is 20.6. The summed E-state index contributed by atoms with van der Waals surface area (Å²) in [5, 5.41) is 3.35. The molecule has 0 bridgehead atoms. The van der Waals surface area contributed by atoms with Crippen molar-refractivity contribution in [3.8, 4) is 5.88 Å². The SMILES string of the molecule is COc1ccc2[nH]c(C3COCCN3)nc2n1. The van der Waals surface area contributed by atoms with Crippen LogP contribution in [0.2, 0.25) is 0 Å². The maximum atomic E-state index is 5.41. The molecule has 6 nitrogen and oxygen atoms in total. The molecular formula is C11H14N4O2. The number of nitrogens with zero attached hydrogens (tertiary/aromatic N) is 2. The molecular weight excluding hydrogens is 220 g/mol. The van der Waals surface area contributed by atoms with Crippen molar-refractivity contribution in [1.82, 2.24) is 20.3 Å². The first kappa shape index (κ1) is 10.5. The van der Waals surface area contributed by atoms with E-state index in [1.54, 1.807) is 7.11 Å². The largest absolute Gasteiger partial charge is 0.481 e. The molecule has 1 unspecified atom stereocenters. The Labute approximate surface area is 98.4 Å². The number of ether oxygens (including phenoxy) is 2. The summed E-state index contributed by atoms with van der Waals surface area (Å²) in [5.41, 5.74) is 1.58. The summed E-state index contributed by atoms with van der Waals surface area (Å²) in [6.45, 7) is 2.23. The lowest BCUT2D eigenvalue weighted by molar-refractivity contribution is 0.0746. The summed E-state index contributed by atoms with van der Waals surface area (Å²) in [6.07, 6.45) is 0. The first-order valence-electron chi connectivity index (χ1n) is 5.58. The molecule has 1 fully saturated rings. The van der Waals surface area contributed by atoms with Gasteiger partial charge in [-0.2, -0.15) is 4.98 Å². The highest BCUT2D eigenvalue weighted by atomic mass is 16.5. The predicted molar refractivity (Wildman–Crippen MR) is 62.0 cm³/mol. The molecule has 1 atom stereocenters. The van der Waals surface area contributed by atoms with Crippen molar-refractivity contribution in [2.75, 3.05) is 26.9 Å². The zero-order valence-corrected chi connectivity index (χ0v) is 9.56. The molecule has 0 radical (unpaired) electrons. The van der Waals surface area contributed by atoms with E-state index in [2.05, 4.69) is 20.3 Å². The molecule has 1 aliphatic heterocycles. The van der Waals surface area contributed by atoms with Gasteiger partial charge in [0, 0.05) is 12.6 Å². The number of aromatic amines is 1. The van der Waals surface area contributed by atoms with Crippen molar-refractivity contribution in [3.05, 3.63) is 18.0 Å². The Bertz CT molecular complexity index is 519. The minimum atomic E-state index is 0.115. The van der Waals surface area contributed by atoms with Crippen molar-refractivity contribution >= 4 is 11.2 Å². The fourth-order valence-electron chi connectivity index (χ4n) is 1.91. The average Bonchev–Trinajstić information content (AvgIpc) is 2.82. The van der Waals surface area contributed by atoms with E-state index in [9.17, 15) is 0 Å². The third-order valence-corrected chi connectivity index (χ3v) is 2.80. The molecule has 90 valence electrons. The van der Waals surface area contributed by atoms with Gasteiger partial charge in [0.1, 0.15) is 5.82 Å². The summed E-state index contributed by atoms with van der Waals surface area (Å²) in [6, 6.07) is 3.85. The molecule has 6 heteroatoms. The highest BCUT2D eigenvalue weighted by Gasteiger charge is 2.19. The second-order valence-electron chi connectivity index (χ2n) is 3.93. The molecule has 1 saturated heterocycles. The van der Waals surface area contributed by atoms with Crippen LogP contribution in [0.1, 0.15) is 11.9 Å². The van der Waals surface area contributed by atoms with E-state index in [1.165, 1.54) is 0 Å². The van der Waals surface area contributed by atoms with Gasteiger partial charge < -0.3 is 19.8 Å². The number of nitrogens with one attached hydrogen (secondary N) is 2. The number of rotatable bonds is 2. The van der Waals surface area contributed by atoms with Gasteiger partial charge in [-0.15, -0.1) is 0 Å². The van der Waals surface area contributed by atoms with E-state index in [0.717, 1.165) is 24.5 Å². The third kappa shape index (κ3) is 1.96. The van der Waals surface area contributed by atoms with Crippen molar-refractivity contribution in [1.29, 1.82) is 0 Å². The highest BCUT2D eigenvalue weighted by Crippen LogP contribution is 2.18. The molecule has 2 aromatic rings. The van der Waals surface area contributed by atoms with E-state index < -0.39 is 0 Å². The Balaban J connectivity index is 1.95. The number of imidazole rings is 1. The number of pyridine rings is 1.